The zero-order valence-corrected chi connectivity index (χ0v) is 16.2. The molecule has 1 amide bonds. The fourth-order valence-corrected chi connectivity index (χ4v) is 5.24. The van der Waals surface area contributed by atoms with E-state index in [1.165, 1.54) is 37.3 Å². The largest absolute Gasteiger partial charge is 0.337 e. The van der Waals surface area contributed by atoms with Gasteiger partial charge in [-0.1, -0.05) is 30.3 Å². The molecule has 2 saturated heterocycles. The average molecular weight is 381 g/mol. The number of thiazole rings is 1. The number of aromatic nitrogens is 2. The van der Waals surface area contributed by atoms with Crippen molar-refractivity contribution in [3.8, 4) is 11.3 Å². The highest BCUT2D eigenvalue weighted by atomic mass is 32.1. The summed E-state index contributed by atoms with van der Waals surface area (Å²) in [5.41, 5.74) is 2.74. The number of piperidine rings is 1. The summed E-state index contributed by atoms with van der Waals surface area (Å²) in [6.07, 6.45) is 6.84. The molecular weight excluding hydrogens is 356 g/mol. The van der Waals surface area contributed by atoms with Gasteiger partial charge >= 0.3 is 0 Å². The molecule has 0 N–H and O–H groups in total. The molecule has 2 aromatic heterocycles. The molecule has 0 atom stereocenters. The quantitative estimate of drug-likeness (QED) is 0.695. The molecule has 0 radical (unpaired) electrons. The number of likely N-dealkylation sites (tertiary alicyclic amines) is 2. The molecule has 0 spiro atoms. The lowest BCUT2D eigenvalue weighted by molar-refractivity contribution is 0.0638. The van der Waals surface area contributed by atoms with Crippen LogP contribution in [0, 0.1) is 0 Å². The standard InChI is InChI=1S/C21H24N4OS/c26-20(24-12-8-17(9-13-24)23-10-4-5-11-23)19-15-27-21-22-18(14-25(19)21)16-6-2-1-3-7-16/h1-3,6-7,14-15,17H,4-5,8-13H2. The van der Waals surface area contributed by atoms with Crippen LogP contribution in [-0.4, -0.2) is 57.3 Å². The number of rotatable bonds is 3. The van der Waals surface area contributed by atoms with E-state index in [1.807, 2.05) is 39.1 Å². The van der Waals surface area contributed by atoms with Gasteiger partial charge in [0.2, 0.25) is 0 Å². The number of fused-ring (bicyclic) bond motifs is 1. The van der Waals surface area contributed by atoms with Crippen LogP contribution in [0.3, 0.4) is 0 Å². The van der Waals surface area contributed by atoms with Gasteiger partial charge in [0.15, 0.2) is 4.96 Å². The van der Waals surface area contributed by atoms with Crippen LogP contribution < -0.4 is 0 Å². The molecule has 0 unspecified atom stereocenters. The third-order valence-electron chi connectivity index (χ3n) is 5.91. The number of hydrogen-bond donors (Lipinski definition) is 0. The van der Waals surface area contributed by atoms with Crippen LogP contribution in [0.4, 0.5) is 0 Å². The van der Waals surface area contributed by atoms with Crippen molar-refractivity contribution in [1.82, 2.24) is 19.2 Å². The lowest BCUT2D eigenvalue weighted by Crippen LogP contribution is -2.46. The average Bonchev–Trinajstić information content (AvgIpc) is 3.45. The van der Waals surface area contributed by atoms with E-state index in [-0.39, 0.29) is 5.91 Å². The van der Waals surface area contributed by atoms with E-state index in [1.54, 1.807) is 0 Å². The number of nitrogens with zero attached hydrogens (tertiary/aromatic N) is 4. The Kier molecular flexibility index (Phi) is 4.45. The predicted molar refractivity (Wildman–Crippen MR) is 108 cm³/mol. The molecule has 0 bridgehead atoms. The second-order valence-corrected chi connectivity index (χ2v) is 8.37. The van der Waals surface area contributed by atoms with E-state index >= 15 is 0 Å². The summed E-state index contributed by atoms with van der Waals surface area (Å²) in [6, 6.07) is 10.8. The Morgan fingerprint density at radius 3 is 2.52 bits per heavy atom. The predicted octanol–water partition coefficient (Wildman–Crippen LogP) is 3.76. The number of hydrogen-bond acceptors (Lipinski definition) is 4. The topological polar surface area (TPSA) is 40.9 Å². The van der Waals surface area contributed by atoms with Crippen molar-refractivity contribution in [3.05, 3.63) is 47.6 Å². The molecule has 27 heavy (non-hydrogen) atoms. The van der Waals surface area contributed by atoms with Crippen molar-refractivity contribution in [2.24, 2.45) is 0 Å². The van der Waals surface area contributed by atoms with Gasteiger partial charge < -0.3 is 9.80 Å². The van der Waals surface area contributed by atoms with Crippen molar-refractivity contribution in [2.75, 3.05) is 26.2 Å². The Hall–Kier alpha value is -2.18. The monoisotopic (exact) mass is 380 g/mol. The highest BCUT2D eigenvalue weighted by Gasteiger charge is 2.29. The summed E-state index contributed by atoms with van der Waals surface area (Å²) in [5, 5.41) is 1.95. The first-order valence-electron chi connectivity index (χ1n) is 9.85. The van der Waals surface area contributed by atoms with Gasteiger partial charge in [-0.2, -0.15) is 0 Å². The Morgan fingerprint density at radius 1 is 1.04 bits per heavy atom. The van der Waals surface area contributed by atoms with Gasteiger partial charge in [-0.05, 0) is 38.8 Å². The maximum atomic E-state index is 13.1. The lowest BCUT2D eigenvalue weighted by atomic mass is 10.0. The van der Waals surface area contributed by atoms with Crippen molar-refractivity contribution < 1.29 is 4.79 Å². The zero-order chi connectivity index (χ0) is 18.2. The molecule has 6 heteroatoms. The van der Waals surface area contributed by atoms with Gasteiger partial charge in [-0.15, -0.1) is 11.3 Å². The van der Waals surface area contributed by atoms with E-state index in [0.29, 0.717) is 6.04 Å². The van der Waals surface area contributed by atoms with Crippen LogP contribution >= 0.6 is 11.3 Å². The first kappa shape index (κ1) is 17.0. The van der Waals surface area contributed by atoms with Crippen molar-refractivity contribution in [3.63, 3.8) is 0 Å². The number of imidazole rings is 1. The number of benzene rings is 1. The fourth-order valence-electron chi connectivity index (χ4n) is 4.39. The summed E-state index contributed by atoms with van der Waals surface area (Å²) in [4.78, 5) is 23.3. The minimum Gasteiger partial charge on any atom is -0.337 e. The second kappa shape index (κ2) is 7.09. The first-order valence-corrected chi connectivity index (χ1v) is 10.7. The highest BCUT2D eigenvalue weighted by Crippen LogP contribution is 2.26. The molecule has 2 fully saturated rings. The molecule has 3 aromatic rings. The third-order valence-corrected chi connectivity index (χ3v) is 6.75. The number of amides is 1. The maximum Gasteiger partial charge on any atom is 0.271 e. The van der Waals surface area contributed by atoms with Crippen molar-refractivity contribution in [2.45, 2.75) is 31.7 Å². The lowest BCUT2D eigenvalue weighted by Gasteiger charge is -2.36. The Morgan fingerprint density at radius 2 is 1.78 bits per heavy atom. The Labute approximate surface area is 163 Å². The smallest absolute Gasteiger partial charge is 0.271 e. The van der Waals surface area contributed by atoms with Gasteiger partial charge in [0, 0.05) is 36.3 Å². The third kappa shape index (κ3) is 3.17. The highest BCUT2D eigenvalue weighted by molar-refractivity contribution is 7.15. The molecular formula is C21H24N4OS. The molecule has 140 valence electrons. The summed E-state index contributed by atoms with van der Waals surface area (Å²) in [7, 11) is 0. The van der Waals surface area contributed by atoms with Gasteiger partial charge in [0.25, 0.3) is 5.91 Å². The van der Waals surface area contributed by atoms with E-state index in [9.17, 15) is 4.79 Å². The van der Waals surface area contributed by atoms with Crippen LogP contribution in [0.1, 0.15) is 36.2 Å². The van der Waals surface area contributed by atoms with Gasteiger partial charge in [0.1, 0.15) is 5.69 Å². The minimum absolute atomic E-state index is 0.137. The summed E-state index contributed by atoms with van der Waals surface area (Å²) < 4.78 is 1.96. The summed E-state index contributed by atoms with van der Waals surface area (Å²) in [6.45, 7) is 4.19. The molecule has 5 nitrogen and oxygen atoms in total. The van der Waals surface area contributed by atoms with Crippen LogP contribution in [0.15, 0.2) is 41.9 Å². The normalized spacial score (nSPS) is 19.2. The zero-order valence-electron chi connectivity index (χ0n) is 15.4. The minimum atomic E-state index is 0.137. The maximum absolute atomic E-state index is 13.1. The number of carbonyl (C=O) groups excluding carboxylic acids is 1. The molecule has 4 heterocycles. The van der Waals surface area contributed by atoms with Gasteiger partial charge in [-0.3, -0.25) is 9.20 Å². The van der Waals surface area contributed by atoms with Gasteiger partial charge in [0.05, 0.1) is 5.69 Å². The molecule has 0 saturated carbocycles. The fraction of sp³-hybridized carbons (Fsp3) is 0.429. The van der Waals surface area contributed by atoms with Crippen LogP contribution in [0.2, 0.25) is 0 Å². The Bertz CT molecular complexity index is 934. The first-order chi connectivity index (χ1) is 13.3. The van der Waals surface area contributed by atoms with Crippen LogP contribution in [0.25, 0.3) is 16.2 Å². The summed E-state index contributed by atoms with van der Waals surface area (Å²) in [5.74, 6) is 0.137. The molecule has 2 aliphatic heterocycles. The van der Waals surface area contributed by atoms with Crippen LogP contribution in [0.5, 0.6) is 0 Å². The van der Waals surface area contributed by atoms with Gasteiger partial charge in [-0.25, -0.2) is 4.98 Å². The van der Waals surface area contributed by atoms with E-state index < -0.39 is 0 Å². The summed E-state index contributed by atoms with van der Waals surface area (Å²) >= 11 is 1.54. The second-order valence-electron chi connectivity index (χ2n) is 7.53. The van der Waals surface area contributed by atoms with Crippen molar-refractivity contribution >= 4 is 22.2 Å². The SMILES string of the molecule is O=C(c1csc2nc(-c3ccccc3)cn12)N1CCC(N2CCCC2)CC1. The van der Waals surface area contributed by atoms with Crippen molar-refractivity contribution in [1.29, 1.82) is 0 Å². The van der Waals surface area contributed by atoms with E-state index in [2.05, 4.69) is 17.0 Å². The molecule has 5 rings (SSSR count). The molecule has 0 aliphatic carbocycles. The van der Waals surface area contributed by atoms with E-state index in [0.717, 1.165) is 47.8 Å². The number of carbonyl (C=O) groups is 1. The Balaban J connectivity index is 1.33. The molecule has 2 aliphatic rings. The van der Waals surface area contributed by atoms with E-state index in [4.69, 9.17) is 4.98 Å². The molecule has 1 aromatic carbocycles. The van der Waals surface area contributed by atoms with Crippen LogP contribution in [-0.2, 0) is 0 Å².